The minimum Gasteiger partial charge on any atom is -0.492 e. The largest absolute Gasteiger partial charge is 0.492 e. The highest BCUT2D eigenvalue weighted by molar-refractivity contribution is 9.10. The smallest absolute Gasteiger partial charge is 0.434 e. The van der Waals surface area contributed by atoms with Crippen molar-refractivity contribution >= 4 is 27.7 Å². The Labute approximate surface area is 183 Å². The van der Waals surface area contributed by atoms with Crippen molar-refractivity contribution in [3.63, 3.8) is 0 Å². The van der Waals surface area contributed by atoms with Gasteiger partial charge in [0, 0.05) is 68.1 Å². The first-order valence-corrected chi connectivity index (χ1v) is 10.7. The minimum absolute atomic E-state index is 0.328. The van der Waals surface area contributed by atoms with Crippen LogP contribution in [0.15, 0.2) is 34.8 Å². The number of hydrogen-bond acceptors (Lipinski definition) is 7. The summed E-state index contributed by atoms with van der Waals surface area (Å²) in [5, 5.41) is 19.2. The fraction of sp³-hybridized carbons (Fsp3) is 0.450. The lowest BCUT2D eigenvalue weighted by Crippen LogP contribution is -2.50. The van der Waals surface area contributed by atoms with Gasteiger partial charge in [0.2, 0.25) is 11.8 Å². The zero-order valence-electron chi connectivity index (χ0n) is 16.5. The summed E-state index contributed by atoms with van der Waals surface area (Å²) in [6, 6.07) is 8.87. The van der Waals surface area contributed by atoms with Gasteiger partial charge in [-0.15, -0.1) is 4.73 Å². The van der Waals surface area contributed by atoms with Crippen LogP contribution in [0.1, 0.15) is 5.56 Å². The number of benzene rings is 1. The first-order chi connectivity index (χ1) is 14.5. The average molecular weight is 481 g/mol. The lowest BCUT2D eigenvalue weighted by Gasteiger charge is -2.36. The number of piperazine rings is 1. The molecule has 10 heteroatoms. The van der Waals surface area contributed by atoms with Gasteiger partial charge < -0.3 is 29.6 Å². The number of aromatic hydroxyl groups is 2. The Morgan fingerprint density at radius 3 is 2.33 bits per heavy atom. The van der Waals surface area contributed by atoms with Crippen LogP contribution in [0, 0.1) is 0 Å². The zero-order valence-corrected chi connectivity index (χ0v) is 18.1. The van der Waals surface area contributed by atoms with Crippen LogP contribution in [0.4, 0.5) is 10.5 Å². The van der Waals surface area contributed by atoms with Gasteiger partial charge in [-0.25, -0.2) is 4.79 Å². The molecule has 9 nitrogen and oxygen atoms in total. The second kappa shape index (κ2) is 9.15. The highest BCUT2D eigenvalue weighted by Gasteiger charge is 2.25. The fourth-order valence-electron chi connectivity index (χ4n) is 3.73. The van der Waals surface area contributed by atoms with Gasteiger partial charge in [0.15, 0.2) is 0 Å². The van der Waals surface area contributed by atoms with E-state index in [4.69, 9.17) is 9.57 Å². The third-order valence-electron chi connectivity index (χ3n) is 5.39. The summed E-state index contributed by atoms with van der Waals surface area (Å²) < 4.78 is 7.25. The molecule has 30 heavy (non-hydrogen) atoms. The van der Waals surface area contributed by atoms with Crippen molar-refractivity contribution in [1.82, 2.24) is 14.5 Å². The van der Waals surface area contributed by atoms with Crippen LogP contribution in [-0.2, 0) is 11.3 Å². The molecule has 2 aliphatic heterocycles. The predicted molar refractivity (Wildman–Crippen MR) is 114 cm³/mol. The summed E-state index contributed by atoms with van der Waals surface area (Å²) in [5.74, 6) is -0.657. The number of halogens is 1. The maximum absolute atomic E-state index is 12.4. The van der Waals surface area contributed by atoms with Gasteiger partial charge in [0.05, 0.1) is 13.2 Å². The molecule has 162 valence electrons. The van der Waals surface area contributed by atoms with E-state index >= 15 is 0 Å². The third kappa shape index (κ3) is 4.66. The Bertz CT molecular complexity index is 872. The van der Waals surface area contributed by atoms with Gasteiger partial charge in [-0.1, -0.05) is 22.0 Å². The van der Waals surface area contributed by atoms with Crippen molar-refractivity contribution in [2.24, 2.45) is 0 Å². The van der Waals surface area contributed by atoms with Crippen molar-refractivity contribution in [3.8, 4) is 11.8 Å². The lowest BCUT2D eigenvalue weighted by molar-refractivity contribution is 0.0555. The van der Waals surface area contributed by atoms with Crippen LogP contribution in [0.25, 0.3) is 0 Å². The first-order valence-electron chi connectivity index (χ1n) is 9.91. The number of nitrogens with zero attached hydrogens (tertiary/aromatic N) is 4. The van der Waals surface area contributed by atoms with E-state index in [1.54, 1.807) is 4.90 Å². The lowest BCUT2D eigenvalue weighted by atomic mass is 10.1. The molecule has 2 N–H and O–H groups in total. The molecule has 0 unspecified atom stereocenters. The normalized spacial score (nSPS) is 17.9. The quantitative estimate of drug-likeness (QED) is 0.689. The van der Waals surface area contributed by atoms with Crippen molar-refractivity contribution in [2.45, 2.75) is 6.54 Å². The van der Waals surface area contributed by atoms with E-state index in [1.165, 1.54) is 23.4 Å². The molecule has 1 aromatic heterocycles. The second-order valence-electron chi connectivity index (χ2n) is 7.34. The molecule has 0 atom stereocenters. The number of carbonyl (C=O) groups is 1. The first kappa shape index (κ1) is 20.8. The zero-order chi connectivity index (χ0) is 21.1. The van der Waals surface area contributed by atoms with E-state index in [9.17, 15) is 15.0 Å². The van der Waals surface area contributed by atoms with E-state index in [-0.39, 0.29) is 11.8 Å². The summed E-state index contributed by atoms with van der Waals surface area (Å²) in [5.41, 5.74) is 2.46. The molecule has 0 bridgehead atoms. The molecule has 1 amide bonds. The summed E-state index contributed by atoms with van der Waals surface area (Å²) >= 11 is 3.58. The minimum atomic E-state index is -0.603. The monoisotopic (exact) mass is 480 g/mol. The number of hydrogen-bond donors (Lipinski definition) is 2. The Morgan fingerprint density at radius 2 is 1.67 bits per heavy atom. The molecule has 2 saturated heterocycles. The number of aromatic nitrogens is 1. The van der Waals surface area contributed by atoms with Crippen molar-refractivity contribution in [2.75, 3.05) is 57.4 Å². The van der Waals surface area contributed by atoms with E-state index < -0.39 is 6.09 Å². The molecule has 0 saturated carbocycles. The SMILES string of the molecule is O=C(On1c(O)ccc1O)N1CCN(Cc2ccc(Br)cc2N2CCOCC2)CC1. The Hall–Kier alpha value is -2.43. The molecule has 0 spiro atoms. The molecular weight excluding hydrogens is 456 g/mol. The number of rotatable bonds is 4. The van der Waals surface area contributed by atoms with Gasteiger partial charge in [-0.3, -0.25) is 4.90 Å². The van der Waals surface area contributed by atoms with Gasteiger partial charge in [0.25, 0.3) is 0 Å². The molecule has 4 rings (SSSR count). The van der Waals surface area contributed by atoms with E-state index in [1.807, 2.05) is 0 Å². The average Bonchev–Trinajstić information content (AvgIpc) is 3.08. The van der Waals surface area contributed by atoms with Crippen LogP contribution in [-0.4, -0.2) is 83.3 Å². The van der Waals surface area contributed by atoms with Gasteiger partial charge in [0.1, 0.15) is 0 Å². The number of carbonyl (C=O) groups excluding carboxylic acids is 1. The van der Waals surface area contributed by atoms with Gasteiger partial charge in [-0.05, 0) is 17.7 Å². The summed E-state index contributed by atoms with van der Waals surface area (Å²) in [6.07, 6.45) is -0.603. The van der Waals surface area contributed by atoms with Crippen LogP contribution in [0.2, 0.25) is 0 Å². The standard InChI is InChI=1S/C20H25BrN4O5/c21-16-2-1-15(17(13-16)23-9-11-29-12-10-23)14-22-5-7-24(8-6-22)20(28)30-25-18(26)3-4-19(25)27/h1-4,13,26-27H,5-12,14H2. The summed E-state index contributed by atoms with van der Waals surface area (Å²) in [6.45, 7) is 6.44. The molecule has 2 aromatic rings. The van der Waals surface area contributed by atoms with Crippen LogP contribution in [0.5, 0.6) is 11.8 Å². The molecule has 2 fully saturated rings. The fourth-order valence-corrected chi connectivity index (χ4v) is 4.08. The van der Waals surface area contributed by atoms with Crippen molar-refractivity contribution in [1.29, 1.82) is 0 Å². The molecule has 3 heterocycles. The number of ether oxygens (including phenoxy) is 1. The van der Waals surface area contributed by atoms with E-state index in [0.29, 0.717) is 30.9 Å². The number of anilines is 1. The van der Waals surface area contributed by atoms with Crippen LogP contribution >= 0.6 is 15.9 Å². The predicted octanol–water partition coefficient (Wildman–Crippen LogP) is 1.86. The van der Waals surface area contributed by atoms with Gasteiger partial charge in [-0.2, -0.15) is 0 Å². The highest BCUT2D eigenvalue weighted by Crippen LogP contribution is 2.27. The van der Waals surface area contributed by atoms with Crippen LogP contribution in [0.3, 0.4) is 0 Å². The van der Waals surface area contributed by atoms with E-state index in [2.05, 4.69) is 43.9 Å². The Kier molecular flexibility index (Phi) is 6.35. The van der Waals surface area contributed by atoms with Crippen LogP contribution < -0.4 is 9.74 Å². The summed E-state index contributed by atoms with van der Waals surface area (Å²) in [4.78, 5) is 23.7. The molecule has 0 radical (unpaired) electrons. The summed E-state index contributed by atoms with van der Waals surface area (Å²) in [7, 11) is 0. The van der Waals surface area contributed by atoms with Crippen molar-refractivity contribution < 1.29 is 24.6 Å². The molecule has 2 aliphatic rings. The van der Waals surface area contributed by atoms with E-state index in [0.717, 1.165) is 37.3 Å². The number of morpholine rings is 1. The topological polar surface area (TPSA) is 90.6 Å². The molecule has 0 aliphatic carbocycles. The van der Waals surface area contributed by atoms with Gasteiger partial charge >= 0.3 is 6.09 Å². The second-order valence-corrected chi connectivity index (χ2v) is 8.25. The maximum Gasteiger partial charge on any atom is 0.434 e. The molecule has 1 aromatic carbocycles. The molecular formula is C20H25BrN4O5. The third-order valence-corrected chi connectivity index (χ3v) is 5.88. The number of amides is 1. The Morgan fingerprint density at radius 1 is 1.00 bits per heavy atom. The maximum atomic E-state index is 12.4. The van der Waals surface area contributed by atoms with Crippen molar-refractivity contribution in [3.05, 3.63) is 40.4 Å². The Balaban J connectivity index is 1.35. The highest BCUT2D eigenvalue weighted by atomic mass is 79.9.